The highest BCUT2D eigenvalue weighted by molar-refractivity contribution is 7.92. The summed E-state index contributed by atoms with van der Waals surface area (Å²) >= 11 is 6.24. The molecule has 8 nitrogen and oxygen atoms in total. The van der Waals surface area contributed by atoms with E-state index in [4.69, 9.17) is 11.6 Å². The van der Waals surface area contributed by atoms with Crippen molar-refractivity contribution in [3.8, 4) is 0 Å². The molecule has 0 aromatic heterocycles. The van der Waals surface area contributed by atoms with Crippen LogP contribution in [-0.2, 0) is 20.0 Å². The smallest absolute Gasteiger partial charge is 0.264 e. The first-order valence-corrected chi connectivity index (χ1v) is 15.0. The summed E-state index contributed by atoms with van der Waals surface area (Å²) in [5, 5.41) is 2.60. The summed E-state index contributed by atoms with van der Waals surface area (Å²) in [6.07, 6.45) is 3.41. The monoisotopic (exact) mass is 583 g/mol. The molecule has 38 heavy (non-hydrogen) atoms. The Bertz CT molecular complexity index is 1580. The molecule has 1 aliphatic heterocycles. The molecule has 3 aromatic rings. The number of halogens is 3. The Morgan fingerprint density at radius 2 is 1.53 bits per heavy atom. The number of amides is 1. The van der Waals surface area contributed by atoms with Gasteiger partial charge in [0.1, 0.15) is 16.5 Å². The van der Waals surface area contributed by atoms with Crippen LogP contribution in [0.4, 0.5) is 20.2 Å². The van der Waals surface area contributed by atoms with Gasteiger partial charge in [0, 0.05) is 19.2 Å². The quantitative estimate of drug-likeness (QED) is 0.395. The lowest BCUT2D eigenvalue weighted by Gasteiger charge is -2.20. The first-order valence-electron chi connectivity index (χ1n) is 11.7. The number of anilines is 2. The van der Waals surface area contributed by atoms with Gasteiger partial charge in [-0.3, -0.25) is 9.52 Å². The summed E-state index contributed by atoms with van der Waals surface area (Å²) in [7, 11) is -8.35. The van der Waals surface area contributed by atoms with Gasteiger partial charge in [-0.05, 0) is 55.3 Å². The zero-order valence-electron chi connectivity index (χ0n) is 20.0. The Labute approximate surface area is 224 Å². The highest BCUT2D eigenvalue weighted by atomic mass is 35.5. The van der Waals surface area contributed by atoms with Crippen LogP contribution in [0.5, 0.6) is 0 Å². The van der Waals surface area contributed by atoms with E-state index in [1.807, 2.05) is 0 Å². The Hall–Kier alpha value is -3.06. The van der Waals surface area contributed by atoms with Gasteiger partial charge in [-0.2, -0.15) is 4.31 Å². The summed E-state index contributed by atoms with van der Waals surface area (Å²) in [5.41, 5.74) is -0.316. The lowest BCUT2D eigenvalue weighted by Crippen LogP contribution is -2.32. The van der Waals surface area contributed by atoms with Crippen molar-refractivity contribution in [3.05, 3.63) is 82.9 Å². The predicted molar refractivity (Wildman–Crippen MR) is 140 cm³/mol. The number of nitrogens with zero attached hydrogens (tertiary/aromatic N) is 1. The van der Waals surface area contributed by atoms with Crippen LogP contribution >= 0.6 is 11.6 Å². The predicted octanol–water partition coefficient (Wildman–Crippen LogP) is 5.24. The molecule has 0 radical (unpaired) electrons. The van der Waals surface area contributed by atoms with Gasteiger partial charge in [-0.25, -0.2) is 25.6 Å². The molecule has 0 bridgehead atoms. The lowest BCUT2D eigenvalue weighted by molar-refractivity contribution is 0.102. The first kappa shape index (κ1) is 28.0. The van der Waals surface area contributed by atoms with Crippen LogP contribution in [0.2, 0.25) is 5.02 Å². The lowest BCUT2D eigenvalue weighted by atomic mass is 10.1. The van der Waals surface area contributed by atoms with Crippen molar-refractivity contribution in [2.24, 2.45) is 0 Å². The van der Waals surface area contributed by atoms with Crippen LogP contribution in [0.3, 0.4) is 0 Å². The molecule has 1 saturated heterocycles. The van der Waals surface area contributed by atoms with Crippen molar-refractivity contribution >= 4 is 48.9 Å². The molecule has 1 aliphatic rings. The molecule has 0 atom stereocenters. The highest BCUT2D eigenvalue weighted by Crippen LogP contribution is 2.30. The Morgan fingerprint density at radius 1 is 0.842 bits per heavy atom. The van der Waals surface area contributed by atoms with Crippen molar-refractivity contribution in [2.45, 2.75) is 35.5 Å². The van der Waals surface area contributed by atoms with Crippen molar-refractivity contribution in [2.75, 3.05) is 23.1 Å². The Balaban J connectivity index is 1.60. The van der Waals surface area contributed by atoms with Crippen LogP contribution in [-0.4, -0.2) is 40.1 Å². The minimum atomic E-state index is -4.52. The zero-order valence-corrected chi connectivity index (χ0v) is 22.3. The fraction of sp³-hybridized carbons (Fsp3) is 0.240. The maximum Gasteiger partial charge on any atom is 0.264 e. The SMILES string of the molecule is O=C(Nc1cc(S(=O)(=O)N2CCCCCC2)ccc1Cl)c1ccccc1NS(=O)(=O)c1ccc(F)cc1F. The normalized spacial score (nSPS) is 15.0. The second-order valence-corrected chi connectivity index (χ2v) is 12.6. The van der Waals surface area contributed by atoms with E-state index in [0.29, 0.717) is 19.2 Å². The van der Waals surface area contributed by atoms with Crippen LogP contribution in [0.1, 0.15) is 36.0 Å². The standard InChI is InChI=1S/C25H24ClF2N3O5S2/c26-20-11-10-18(38(35,36)31-13-5-1-2-6-14-31)16-23(20)29-25(32)19-7-3-4-8-22(19)30-37(33,34)24-12-9-17(27)15-21(24)28/h3-4,7-12,15-16,30H,1-2,5-6,13-14H2,(H,29,32). The van der Waals surface area contributed by atoms with Crippen molar-refractivity contribution in [1.29, 1.82) is 0 Å². The molecule has 4 rings (SSSR count). The molecular formula is C25H24ClF2N3O5S2. The number of benzene rings is 3. The molecule has 0 unspecified atom stereocenters. The molecule has 1 fully saturated rings. The van der Waals surface area contributed by atoms with Gasteiger partial charge in [0.25, 0.3) is 15.9 Å². The molecular weight excluding hydrogens is 560 g/mol. The topological polar surface area (TPSA) is 113 Å². The summed E-state index contributed by atoms with van der Waals surface area (Å²) in [6, 6.07) is 11.5. The average Bonchev–Trinajstić information content (AvgIpc) is 3.15. The van der Waals surface area contributed by atoms with Gasteiger partial charge >= 0.3 is 0 Å². The van der Waals surface area contributed by atoms with E-state index in [-0.39, 0.29) is 26.9 Å². The maximum absolute atomic E-state index is 14.1. The van der Waals surface area contributed by atoms with E-state index < -0.39 is 42.5 Å². The van der Waals surface area contributed by atoms with Crippen LogP contribution in [0.15, 0.2) is 70.5 Å². The van der Waals surface area contributed by atoms with E-state index in [1.54, 1.807) is 0 Å². The van der Waals surface area contributed by atoms with Gasteiger partial charge in [-0.15, -0.1) is 0 Å². The zero-order chi connectivity index (χ0) is 27.5. The number of hydrogen-bond donors (Lipinski definition) is 2. The van der Waals surface area contributed by atoms with Gasteiger partial charge in [0.2, 0.25) is 10.0 Å². The highest BCUT2D eigenvalue weighted by Gasteiger charge is 2.27. The summed E-state index contributed by atoms with van der Waals surface area (Å²) in [6.45, 7) is 0.795. The molecule has 202 valence electrons. The third-order valence-electron chi connectivity index (χ3n) is 5.99. The number of para-hydroxylation sites is 1. The van der Waals surface area contributed by atoms with Crippen LogP contribution in [0.25, 0.3) is 0 Å². The number of rotatable bonds is 7. The van der Waals surface area contributed by atoms with E-state index in [2.05, 4.69) is 10.0 Å². The third kappa shape index (κ3) is 6.15. The third-order valence-corrected chi connectivity index (χ3v) is 9.61. The molecule has 2 N–H and O–H groups in total. The first-order chi connectivity index (χ1) is 18.0. The minimum Gasteiger partial charge on any atom is -0.321 e. The molecule has 0 spiro atoms. The van der Waals surface area contributed by atoms with Crippen molar-refractivity contribution in [3.63, 3.8) is 0 Å². The molecule has 0 saturated carbocycles. The summed E-state index contributed by atoms with van der Waals surface area (Å²) in [5.74, 6) is -3.04. The number of carbonyl (C=O) groups excluding carboxylic acids is 1. The molecule has 3 aromatic carbocycles. The second kappa shape index (κ2) is 11.4. The van der Waals surface area contributed by atoms with Gasteiger partial charge in [-0.1, -0.05) is 36.6 Å². The van der Waals surface area contributed by atoms with Crippen molar-refractivity contribution in [1.82, 2.24) is 4.31 Å². The van der Waals surface area contributed by atoms with E-state index >= 15 is 0 Å². The van der Waals surface area contributed by atoms with Gasteiger partial charge in [0.15, 0.2) is 0 Å². The largest absolute Gasteiger partial charge is 0.321 e. The van der Waals surface area contributed by atoms with Crippen molar-refractivity contribution < 1.29 is 30.4 Å². The van der Waals surface area contributed by atoms with E-state index in [9.17, 15) is 30.4 Å². The fourth-order valence-corrected chi connectivity index (χ4v) is 6.89. The van der Waals surface area contributed by atoms with Crippen LogP contribution < -0.4 is 10.0 Å². The number of carbonyl (C=O) groups is 1. The Morgan fingerprint density at radius 3 is 2.21 bits per heavy atom. The summed E-state index contributed by atoms with van der Waals surface area (Å²) in [4.78, 5) is 12.3. The molecule has 13 heteroatoms. The number of nitrogens with one attached hydrogen (secondary N) is 2. The average molecular weight is 584 g/mol. The summed E-state index contributed by atoms with van der Waals surface area (Å²) < 4.78 is 82.8. The molecule has 1 heterocycles. The minimum absolute atomic E-state index is 0.00908. The van der Waals surface area contributed by atoms with Gasteiger partial charge in [0.05, 0.1) is 26.9 Å². The molecule has 1 amide bonds. The second-order valence-electron chi connectivity index (χ2n) is 8.64. The molecule has 0 aliphatic carbocycles. The number of hydrogen-bond acceptors (Lipinski definition) is 5. The maximum atomic E-state index is 14.1. The fourth-order valence-electron chi connectivity index (χ4n) is 4.04. The van der Waals surface area contributed by atoms with E-state index in [1.165, 1.54) is 46.8 Å². The van der Waals surface area contributed by atoms with Gasteiger partial charge < -0.3 is 5.32 Å². The Kier molecular flexibility index (Phi) is 8.36. The van der Waals surface area contributed by atoms with E-state index in [0.717, 1.165) is 37.8 Å². The van der Waals surface area contributed by atoms with Crippen LogP contribution in [0, 0.1) is 11.6 Å². The number of sulfonamides is 2.